The maximum atomic E-state index is 12.7. The Morgan fingerprint density at radius 2 is 1.74 bits per heavy atom. The Kier molecular flexibility index (Phi) is 3.20. The maximum absolute atomic E-state index is 12.7. The number of carbonyl (C=O) groups excluding carboxylic acids is 2. The highest BCUT2D eigenvalue weighted by molar-refractivity contribution is 6.00. The van der Waals surface area contributed by atoms with Crippen LogP contribution in [0.3, 0.4) is 0 Å². The predicted molar refractivity (Wildman–Crippen MR) is 86.4 cm³/mol. The summed E-state index contributed by atoms with van der Waals surface area (Å²) >= 11 is 0. The van der Waals surface area contributed by atoms with Gasteiger partial charge in [0.15, 0.2) is 11.5 Å². The summed E-state index contributed by atoms with van der Waals surface area (Å²) in [6.45, 7) is 6.28. The van der Waals surface area contributed by atoms with Crippen molar-refractivity contribution < 1.29 is 14.3 Å². The molecule has 0 aromatic rings. The predicted octanol–water partition coefficient (Wildman–Crippen LogP) is 3.56. The first-order valence-corrected chi connectivity index (χ1v) is 9.09. The van der Waals surface area contributed by atoms with Crippen molar-refractivity contribution in [3.63, 3.8) is 0 Å². The van der Waals surface area contributed by atoms with Crippen LogP contribution in [0.1, 0.15) is 72.1 Å². The van der Waals surface area contributed by atoms with Crippen molar-refractivity contribution in [1.82, 2.24) is 4.90 Å². The van der Waals surface area contributed by atoms with Gasteiger partial charge in [-0.05, 0) is 25.2 Å². The van der Waals surface area contributed by atoms with Crippen LogP contribution in [0, 0.1) is 11.3 Å². The minimum absolute atomic E-state index is 0.0371. The Balaban J connectivity index is 1.68. The lowest BCUT2D eigenvalue weighted by Crippen LogP contribution is -2.52. The first-order valence-electron chi connectivity index (χ1n) is 9.09. The van der Waals surface area contributed by atoms with Crippen LogP contribution in [0.25, 0.3) is 0 Å². The Bertz CT molecular complexity index is 600. The van der Waals surface area contributed by atoms with Gasteiger partial charge in [0.25, 0.3) is 0 Å². The topological polar surface area (TPSA) is 46.6 Å². The van der Waals surface area contributed by atoms with E-state index < -0.39 is 5.72 Å². The van der Waals surface area contributed by atoms with Crippen LogP contribution in [-0.4, -0.2) is 28.4 Å². The Labute approximate surface area is 138 Å². The lowest BCUT2D eigenvalue weighted by Gasteiger charge is -2.42. The van der Waals surface area contributed by atoms with Crippen LogP contribution in [-0.2, 0) is 14.3 Å². The fourth-order valence-electron chi connectivity index (χ4n) is 5.28. The normalized spacial score (nSPS) is 37.0. The molecule has 0 unspecified atom stereocenters. The van der Waals surface area contributed by atoms with Crippen molar-refractivity contribution in [3.8, 4) is 0 Å². The van der Waals surface area contributed by atoms with Gasteiger partial charge in [0.1, 0.15) is 5.76 Å². The molecule has 0 aromatic heterocycles. The SMILES string of the molecule is CC1(C)CC(=O)C2=C(C1)O[C@]1(C)[C@H]2CC(=O)N1C1CCCCC1. The number of rotatable bonds is 1. The zero-order chi connectivity index (χ0) is 16.4. The van der Waals surface area contributed by atoms with Gasteiger partial charge in [-0.3, -0.25) is 9.59 Å². The number of ether oxygens (including phenoxy) is 1. The first kappa shape index (κ1) is 15.2. The molecule has 4 heteroatoms. The van der Waals surface area contributed by atoms with E-state index in [9.17, 15) is 9.59 Å². The van der Waals surface area contributed by atoms with Crippen molar-refractivity contribution in [1.29, 1.82) is 0 Å². The van der Waals surface area contributed by atoms with Gasteiger partial charge >= 0.3 is 0 Å². The van der Waals surface area contributed by atoms with Crippen molar-refractivity contribution >= 4 is 11.7 Å². The van der Waals surface area contributed by atoms with E-state index in [0.717, 1.165) is 30.6 Å². The van der Waals surface area contributed by atoms with Crippen LogP contribution in [0.4, 0.5) is 0 Å². The van der Waals surface area contributed by atoms with E-state index >= 15 is 0 Å². The fraction of sp³-hybridized carbons (Fsp3) is 0.789. The molecule has 4 aliphatic rings. The lowest BCUT2D eigenvalue weighted by molar-refractivity contribution is -0.155. The molecule has 0 bridgehead atoms. The Hall–Kier alpha value is -1.32. The molecule has 2 aliphatic heterocycles. The molecule has 4 nitrogen and oxygen atoms in total. The van der Waals surface area contributed by atoms with Crippen molar-refractivity contribution in [2.45, 2.75) is 83.9 Å². The van der Waals surface area contributed by atoms with E-state index in [0.29, 0.717) is 12.8 Å². The highest BCUT2D eigenvalue weighted by atomic mass is 16.5. The van der Waals surface area contributed by atoms with Gasteiger partial charge in [0, 0.05) is 30.9 Å². The van der Waals surface area contributed by atoms with E-state index in [-0.39, 0.29) is 29.1 Å². The number of fused-ring (bicyclic) bond motifs is 2. The summed E-state index contributed by atoms with van der Waals surface area (Å²) in [6, 6.07) is 0.288. The van der Waals surface area contributed by atoms with Gasteiger partial charge < -0.3 is 9.64 Å². The van der Waals surface area contributed by atoms with E-state index in [4.69, 9.17) is 4.74 Å². The molecule has 2 aliphatic carbocycles. The number of Topliss-reactive ketones (excluding diaryl/α,β-unsaturated/α-hetero) is 1. The molecule has 2 heterocycles. The minimum atomic E-state index is -0.625. The van der Waals surface area contributed by atoms with Crippen molar-refractivity contribution in [3.05, 3.63) is 11.3 Å². The highest BCUT2D eigenvalue weighted by Gasteiger charge is 2.61. The van der Waals surface area contributed by atoms with E-state index in [1.807, 2.05) is 11.8 Å². The van der Waals surface area contributed by atoms with Gasteiger partial charge in [-0.25, -0.2) is 0 Å². The van der Waals surface area contributed by atoms with Crippen molar-refractivity contribution in [2.24, 2.45) is 11.3 Å². The number of likely N-dealkylation sites (tertiary alicyclic amines) is 1. The van der Waals surface area contributed by atoms with Gasteiger partial charge in [0.2, 0.25) is 5.91 Å². The second kappa shape index (κ2) is 4.84. The zero-order valence-electron chi connectivity index (χ0n) is 14.5. The third-order valence-corrected chi connectivity index (χ3v) is 6.27. The molecule has 1 saturated carbocycles. The second-order valence-corrected chi connectivity index (χ2v) is 8.75. The van der Waals surface area contributed by atoms with Crippen LogP contribution < -0.4 is 0 Å². The van der Waals surface area contributed by atoms with E-state index in [1.165, 1.54) is 19.3 Å². The summed E-state index contributed by atoms with van der Waals surface area (Å²) in [5.41, 5.74) is 0.170. The van der Waals surface area contributed by atoms with Crippen LogP contribution in [0.5, 0.6) is 0 Å². The molecule has 1 amide bonds. The second-order valence-electron chi connectivity index (χ2n) is 8.75. The average Bonchev–Trinajstić information content (AvgIpc) is 2.84. The molecule has 0 radical (unpaired) electrons. The van der Waals surface area contributed by atoms with Gasteiger partial charge in [0.05, 0.1) is 5.92 Å². The largest absolute Gasteiger partial charge is 0.471 e. The number of allylic oxidation sites excluding steroid dienone is 1. The van der Waals surface area contributed by atoms with Gasteiger partial charge in [-0.2, -0.15) is 0 Å². The third kappa shape index (κ3) is 2.17. The first-order chi connectivity index (χ1) is 10.8. The van der Waals surface area contributed by atoms with E-state index in [1.54, 1.807) is 0 Å². The maximum Gasteiger partial charge on any atom is 0.226 e. The number of nitrogens with zero attached hydrogens (tertiary/aromatic N) is 1. The molecule has 2 atom stereocenters. The molecule has 23 heavy (non-hydrogen) atoms. The number of amides is 1. The summed E-state index contributed by atoms with van der Waals surface area (Å²) in [5, 5.41) is 0. The minimum Gasteiger partial charge on any atom is -0.471 e. The lowest BCUT2D eigenvalue weighted by atomic mass is 9.73. The molecule has 4 rings (SSSR count). The monoisotopic (exact) mass is 317 g/mol. The summed E-state index contributed by atoms with van der Waals surface area (Å²) in [7, 11) is 0. The van der Waals surface area contributed by atoms with Gasteiger partial charge in [-0.15, -0.1) is 0 Å². The smallest absolute Gasteiger partial charge is 0.226 e. The standard InChI is InChI=1S/C19H27NO3/c1-18(2)10-14(21)17-13-9-16(22)20(12-7-5-4-6-8-12)19(13,3)23-15(17)11-18/h12-13H,4-11H2,1-3H3/t13-,19+/m0/s1. The zero-order valence-corrected chi connectivity index (χ0v) is 14.5. The van der Waals surface area contributed by atoms with Gasteiger partial charge in [-0.1, -0.05) is 33.1 Å². The molecular weight excluding hydrogens is 290 g/mol. The Morgan fingerprint density at radius 1 is 1.04 bits per heavy atom. The number of hydrogen-bond donors (Lipinski definition) is 0. The summed E-state index contributed by atoms with van der Waals surface area (Å²) in [6.07, 6.45) is 7.61. The summed E-state index contributed by atoms with van der Waals surface area (Å²) in [5.74, 6) is 1.18. The number of carbonyl (C=O) groups is 2. The summed E-state index contributed by atoms with van der Waals surface area (Å²) < 4.78 is 6.38. The summed E-state index contributed by atoms with van der Waals surface area (Å²) in [4.78, 5) is 27.4. The molecule has 0 N–H and O–H groups in total. The quantitative estimate of drug-likeness (QED) is 0.743. The number of hydrogen-bond acceptors (Lipinski definition) is 3. The number of ketones is 1. The molecule has 0 aromatic carbocycles. The average molecular weight is 317 g/mol. The molecule has 1 saturated heterocycles. The van der Waals surface area contributed by atoms with Crippen LogP contribution >= 0.6 is 0 Å². The van der Waals surface area contributed by atoms with Crippen LogP contribution in [0.15, 0.2) is 11.3 Å². The molecule has 0 spiro atoms. The molecule has 126 valence electrons. The highest BCUT2D eigenvalue weighted by Crippen LogP contribution is 2.55. The molecule has 2 fully saturated rings. The third-order valence-electron chi connectivity index (χ3n) is 6.27. The van der Waals surface area contributed by atoms with E-state index in [2.05, 4.69) is 13.8 Å². The Morgan fingerprint density at radius 3 is 2.43 bits per heavy atom. The fourth-order valence-corrected chi connectivity index (χ4v) is 5.28. The van der Waals surface area contributed by atoms with Crippen LogP contribution in [0.2, 0.25) is 0 Å². The van der Waals surface area contributed by atoms with Crippen molar-refractivity contribution in [2.75, 3.05) is 0 Å². The molecular formula is C19H27NO3.